The fraction of sp³-hybridized carbons (Fsp3) is 0.318. The summed E-state index contributed by atoms with van der Waals surface area (Å²) in [6.45, 7) is 4.83. The van der Waals surface area contributed by atoms with Gasteiger partial charge in [-0.15, -0.1) is 0 Å². The highest BCUT2D eigenvalue weighted by molar-refractivity contribution is 7.92. The van der Waals surface area contributed by atoms with Gasteiger partial charge in [-0.3, -0.25) is 4.79 Å². The number of hydrogen-bond acceptors (Lipinski definition) is 3. The Morgan fingerprint density at radius 1 is 1.00 bits per heavy atom. The second-order valence-electron chi connectivity index (χ2n) is 6.97. The van der Waals surface area contributed by atoms with Gasteiger partial charge >= 0.3 is 0 Å². The van der Waals surface area contributed by atoms with Crippen molar-refractivity contribution in [2.75, 3.05) is 13.1 Å². The van der Waals surface area contributed by atoms with Crippen molar-refractivity contribution in [3.05, 3.63) is 77.2 Å². The molecular weight excluding hydrogens is 372 g/mol. The molecule has 6 heteroatoms. The number of amides is 1. The van der Waals surface area contributed by atoms with E-state index in [1.165, 1.54) is 11.6 Å². The van der Waals surface area contributed by atoms with Gasteiger partial charge in [0, 0.05) is 30.8 Å². The summed E-state index contributed by atoms with van der Waals surface area (Å²) in [6.07, 6.45) is 1.62. The molecule has 2 aromatic carbocycles. The highest BCUT2D eigenvalue weighted by Crippen LogP contribution is 2.23. The lowest BCUT2D eigenvalue weighted by Crippen LogP contribution is -2.33. The second-order valence-corrected chi connectivity index (χ2v) is 8.62. The maximum atomic E-state index is 12.1. The van der Waals surface area contributed by atoms with E-state index in [2.05, 4.69) is 36.0 Å². The van der Waals surface area contributed by atoms with Crippen molar-refractivity contribution in [1.82, 2.24) is 10.0 Å². The Bertz CT molecular complexity index is 863. The molecule has 0 heterocycles. The molecule has 0 saturated heterocycles. The third kappa shape index (κ3) is 7.66. The standard InChI is InChI=1S/C22H28N2O3S/c1-18(2)21(20-11-7-4-8-12-20)17-23-22(25)13-15-24-28(26,27)16-14-19-9-5-3-6-10-19/h3-12,14,16,18,21,24H,13,15,17H2,1-2H3,(H,23,25)/b16-14+. The predicted octanol–water partition coefficient (Wildman–Crippen LogP) is 3.52. The molecule has 0 aliphatic rings. The molecule has 0 aliphatic carbocycles. The van der Waals surface area contributed by atoms with Crippen LogP contribution >= 0.6 is 0 Å². The van der Waals surface area contributed by atoms with Gasteiger partial charge in [-0.1, -0.05) is 74.5 Å². The summed E-state index contributed by atoms with van der Waals surface area (Å²) in [5.74, 6) is 0.427. The zero-order chi connectivity index (χ0) is 20.4. The molecule has 2 rings (SSSR count). The molecular formula is C22H28N2O3S. The summed E-state index contributed by atoms with van der Waals surface area (Å²) in [7, 11) is -3.57. The van der Waals surface area contributed by atoms with Crippen LogP contribution in [0.1, 0.15) is 37.3 Å². The Balaban J connectivity index is 1.78. The van der Waals surface area contributed by atoms with Crippen LogP contribution in [-0.4, -0.2) is 27.4 Å². The Kier molecular flexibility index (Phi) is 8.42. The van der Waals surface area contributed by atoms with Gasteiger partial charge in [0.05, 0.1) is 0 Å². The smallest absolute Gasteiger partial charge is 0.233 e. The van der Waals surface area contributed by atoms with Crippen molar-refractivity contribution in [1.29, 1.82) is 0 Å². The van der Waals surface area contributed by atoms with E-state index in [0.29, 0.717) is 12.5 Å². The van der Waals surface area contributed by atoms with Gasteiger partial charge < -0.3 is 5.32 Å². The molecule has 0 bridgehead atoms. The first-order valence-electron chi connectivity index (χ1n) is 9.42. The third-order valence-electron chi connectivity index (χ3n) is 4.45. The maximum absolute atomic E-state index is 12.1. The minimum Gasteiger partial charge on any atom is -0.355 e. The van der Waals surface area contributed by atoms with E-state index in [-0.39, 0.29) is 24.8 Å². The molecule has 0 fully saturated rings. The predicted molar refractivity (Wildman–Crippen MR) is 114 cm³/mol. The number of benzene rings is 2. The molecule has 0 aromatic heterocycles. The number of rotatable bonds is 10. The first-order valence-corrected chi connectivity index (χ1v) is 11.0. The molecule has 1 unspecified atom stereocenters. The minimum absolute atomic E-state index is 0.0605. The van der Waals surface area contributed by atoms with Crippen molar-refractivity contribution in [2.45, 2.75) is 26.2 Å². The van der Waals surface area contributed by atoms with E-state index < -0.39 is 10.0 Å². The molecule has 0 saturated carbocycles. The molecule has 2 aromatic rings. The van der Waals surface area contributed by atoms with E-state index in [9.17, 15) is 13.2 Å². The topological polar surface area (TPSA) is 75.3 Å². The average Bonchev–Trinajstić information content (AvgIpc) is 2.68. The van der Waals surface area contributed by atoms with Crippen LogP contribution in [0.3, 0.4) is 0 Å². The van der Waals surface area contributed by atoms with Crippen LogP contribution in [0.4, 0.5) is 0 Å². The third-order valence-corrected chi connectivity index (χ3v) is 5.55. The zero-order valence-electron chi connectivity index (χ0n) is 16.3. The van der Waals surface area contributed by atoms with Crippen molar-refractivity contribution < 1.29 is 13.2 Å². The fourth-order valence-electron chi connectivity index (χ4n) is 2.84. The number of hydrogen-bond donors (Lipinski definition) is 2. The van der Waals surface area contributed by atoms with Gasteiger partial charge in [-0.25, -0.2) is 13.1 Å². The van der Waals surface area contributed by atoms with Crippen LogP contribution in [0, 0.1) is 5.92 Å². The van der Waals surface area contributed by atoms with Crippen LogP contribution in [0.2, 0.25) is 0 Å². The highest BCUT2D eigenvalue weighted by atomic mass is 32.2. The first-order chi connectivity index (χ1) is 13.4. The SMILES string of the molecule is CC(C)C(CNC(=O)CCNS(=O)(=O)/C=C/c1ccccc1)c1ccccc1. The quantitative estimate of drug-likeness (QED) is 0.641. The van der Waals surface area contributed by atoms with E-state index in [1.54, 1.807) is 0 Å². The number of sulfonamides is 1. The highest BCUT2D eigenvalue weighted by Gasteiger charge is 2.16. The van der Waals surface area contributed by atoms with Gasteiger partial charge in [-0.05, 0) is 23.1 Å². The van der Waals surface area contributed by atoms with Crippen molar-refractivity contribution in [3.8, 4) is 0 Å². The first kappa shape index (κ1) is 21.9. The maximum Gasteiger partial charge on any atom is 0.233 e. The number of carbonyl (C=O) groups excluding carboxylic acids is 1. The van der Waals surface area contributed by atoms with E-state index in [0.717, 1.165) is 11.0 Å². The molecule has 28 heavy (non-hydrogen) atoms. The Morgan fingerprint density at radius 3 is 2.21 bits per heavy atom. The van der Waals surface area contributed by atoms with Gasteiger partial charge in [0.2, 0.25) is 15.9 Å². The summed E-state index contributed by atoms with van der Waals surface area (Å²) < 4.78 is 26.4. The van der Waals surface area contributed by atoms with Gasteiger partial charge in [0.25, 0.3) is 0 Å². The summed E-state index contributed by atoms with van der Waals surface area (Å²) >= 11 is 0. The second kappa shape index (κ2) is 10.8. The Labute approximate surface area is 167 Å². The van der Waals surface area contributed by atoms with E-state index >= 15 is 0 Å². The summed E-state index contributed by atoms with van der Waals surface area (Å²) in [6, 6.07) is 19.2. The van der Waals surface area contributed by atoms with Crippen LogP contribution in [0.5, 0.6) is 0 Å². The minimum atomic E-state index is -3.57. The van der Waals surface area contributed by atoms with Gasteiger partial charge in [0.15, 0.2) is 0 Å². The van der Waals surface area contributed by atoms with E-state index in [4.69, 9.17) is 0 Å². The molecule has 0 radical (unpaired) electrons. The van der Waals surface area contributed by atoms with Crippen LogP contribution in [0.15, 0.2) is 66.1 Å². The molecule has 1 atom stereocenters. The Morgan fingerprint density at radius 2 is 1.61 bits per heavy atom. The lowest BCUT2D eigenvalue weighted by molar-refractivity contribution is -0.121. The van der Waals surface area contributed by atoms with Crippen molar-refractivity contribution in [3.63, 3.8) is 0 Å². The molecule has 150 valence electrons. The molecule has 0 aliphatic heterocycles. The van der Waals surface area contributed by atoms with Crippen LogP contribution < -0.4 is 10.0 Å². The average molecular weight is 401 g/mol. The normalized spacial score (nSPS) is 13.0. The van der Waals surface area contributed by atoms with Gasteiger partial charge in [-0.2, -0.15) is 0 Å². The molecule has 2 N–H and O–H groups in total. The van der Waals surface area contributed by atoms with Crippen LogP contribution in [0.25, 0.3) is 6.08 Å². The number of nitrogens with one attached hydrogen (secondary N) is 2. The van der Waals surface area contributed by atoms with E-state index in [1.807, 2.05) is 48.5 Å². The lowest BCUT2D eigenvalue weighted by Gasteiger charge is -2.22. The zero-order valence-corrected chi connectivity index (χ0v) is 17.2. The monoisotopic (exact) mass is 400 g/mol. The van der Waals surface area contributed by atoms with Gasteiger partial charge in [0.1, 0.15) is 0 Å². The Hall–Kier alpha value is -2.44. The fourth-order valence-corrected chi connectivity index (χ4v) is 3.66. The van der Waals surface area contributed by atoms with Crippen LogP contribution in [-0.2, 0) is 14.8 Å². The van der Waals surface area contributed by atoms with Crippen molar-refractivity contribution >= 4 is 22.0 Å². The number of carbonyl (C=O) groups is 1. The molecule has 1 amide bonds. The lowest BCUT2D eigenvalue weighted by atomic mass is 9.88. The summed E-state index contributed by atoms with van der Waals surface area (Å²) in [5, 5.41) is 4.03. The van der Waals surface area contributed by atoms with Crippen molar-refractivity contribution in [2.24, 2.45) is 5.92 Å². The molecule has 0 spiro atoms. The molecule has 5 nitrogen and oxygen atoms in total. The largest absolute Gasteiger partial charge is 0.355 e. The summed E-state index contributed by atoms with van der Waals surface area (Å²) in [5.41, 5.74) is 1.98. The summed E-state index contributed by atoms with van der Waals surface area (Å²) in [4.78, 5) is 12.1.